The van der Waals surface area contributed by atoms with Crippen LogP contribution in [0.4, 0.5) is 11.4 Å². The van der Waals surface area contributed by atoms with Crippen LogP contribution in [-0.2, 0) is 0 Å². The molecule has 0 spiro atoms. The normalized spacial score (nSPS) is 11.8. The SMILES string of the molecule is CN(C)c1c(NCCCC(C)(C)C)c(=O)c1=O. The van der Waals surface area contributed by atoms with Gasteiger partial charge in [-0.25, -0.2) is 0 Å². The van der Waals surface area contributed by atoms with Crippen molar-refractivity contribution in [3.8, 4) is 0 Å². The van der Waals surface area contributed by atoms with Crippen LogP contribution in [0.1, 0.15) is 33.6 Å². The molecule has 1 aromatic carbocycles. The first-order valence-electron chi connectivity index (χ1n) is 5.98. The van der Waals surface area contributed by atoms with Gasteiger partial charge in [-0.2, -0.15) is 0 Å². The molecule has 0 aromatic heterocycles. The molecule has 0 atom stereocenters. The Morgan fingerprint density at radius 3 is 2.18 bits per heavy atom. The first kappa shape index (κ1) is 13.7. The summed E-state index contributed by atoms with van der Waals surface area (Å²) >= 11 is 0. The Morgan fingerprint density at radius 2 is 1.71 bits per heavy atom. The second-order valence-corrected chi connectivity index (χ2v) is 5.87. The molecule has 0 aliphatic heterocycles. The maximum absolute atomic E-state index is 11.4. The van der Waals surface area contributed by atoms with Crippen LogP contribution in [0.15, 0.2) is 9.59 Å². The van der Waals surface area contributed by atoms with Crippen LogP contribution in [0.3, 0.4) is 0 Å². The molecular formula is C13H22N2O2. The highest BCUT2D eigenvalue weighted by Gasteiger charge is 2.21. The molecule has 1 rings (SSSR count). The predicted molar refractivity (Wildman–Crippen MR) is 72.9 cm³/mol. The summed E-state index contributed by atoms with van der Waals surface area (Å²) in [5.74, 6) is 0. The number of hydrogen-bond donors (Lipinski definition) is 1. The van der Waals surface area contributed by atoms with Crippen molar-refractivity contribution in [3.05, 3.63) is 20.4 Å². The van der Waals surface area contributed by atoms with E-state index in [4.69, 9.17) is 0 Å². The lowest BCUT2D eigenvalue weighted by molar-refractivity contribution is 0.370. The van der Waals surface area contributed by atoms with Crippen molar-refractivity contribution in [1.29, 1.82) is 0 Å². The molecule has 0 aliphatic carbocycles. The van der Waals surface area contributed by atoms with Crippen LogP contribution in [-0.4, -0.2) is 20.6 Å². The standard InChI is InChI=1S/C13H22N2O2/c1-13(2,3)7-6-8-14-9-10(15(4)5)12(17)11(9)16/h14H,6-8H2,1-5H3. The molecule has 0 saturated carbocycles. The van der Waals surface area contributed by atoms with Crippen LogP contribution >= 0.6 is 0 Å². The first-order valence-corrected chi connectivity index (χ1v) is 5.98. The molecule has 4 heteroatoms. The maximum Gasteiger partial charge on any atom is 0.253 e. The summed E-state index contributed by atoms with van der Waals surface area (Å²) in [6, 6.07) is 0. The highest BCUT2D eigenvalue weighted by molar-refractivity contribution is 5.74. The van der Waals surface area contributed by atoms with E-state index < -0.39 is 0 Å². The fraction of sp³-hybridized carbons (Fsp3) is 0.692. The van der Waals surface area contributed by atoms with Crippen molar-refractivity contribution in [2.75, 3.05) is 30.9 Å². The lowest BCUT2D eigenvalue weighted by Gasteiger charge is -2.21. The van der Waals surface area contributed by atoms with E-state index in [1.807, 2.05) is 0 Å². The third kappa shape index (κ3) is 3.32. The van der Waals surface area contributed by atoms with Gasteiger partial charge >= 0.3 is 0 Å². The fourth-order valence-corrected chi connectivity index (χ4v) is 1.80. The smallest absolute Gasteiger partial charge is 0.253 e. The van der Waals surface area contributed by atoms with Gasteiger partial charge in [0.15, 0.2) is 0 Å². The molecule has 0 fully saturated rings. The minimum atomic E-state index is -0.385. The summed E-state index contributed by atoms with van der Waals surface area (Å²) in [5, 5.41) is 3.07. The van der Waals surface area contributed by atoms with E-state index in [-0.39, 0.29) is 10.9 Å². The zero-order chi connectivity index (χ0) is 13.2. The molecule has 0 unspecified atom stereocenters. The highest BCUT2D eigenvalue weighted by atomic mass is 16.2. The van der Waals surface area contributed by atoms with Crippen molar-refractivity contribution in [1.82, 2.24) is 0 Å². The molecule has 0 bridgehead atoms. The molecule has 0 aliphatic rings. The fourth-order valence-electron chi connectivity index (χ4n) is 1.80. The van der Waals surface area contributed by atoms with Gasteiger partial charge in [-0.3, -0.25) is 9.59 Å². The second-order valence-electron chi connectivity index (χ2n) is 5.87. The van der Waals surface area contributed by atoms with E-state index in [1.54, 1.807) is 19.0 Å². The molecule has 0 radical (unpaired) electrons. The second kappa shape index (κ2) is 4.90. The molecule has 0 saturated heterocycles. The topological polar surface area (TPSA) is 49.4 Å². The quantitative estimate of drug-likeness (QED) is 0.625. The van der Waals surface area contributed by atoms with Crippen LogP contribution in [0, 0.1) is 5.41 Å². The number of rotatable bonds is 5. The predicted octanol–water partition coefficient (Wildman–Crippen LogP) is 1.59. The van der Waals surface area contributed by atoms with E-state index in [0.29, 0.717) is 16.8 Å². The van der Waals surface area contributed by atoms with Crippen molar-refractivity contribution >= 4 is 11.4 Å². The van der Waals surface area contributed by atoms with Crippen LogP contribution in [0.25, 0.3) is 0 Å². The minimum Gasteiger partial charge on any atom is -0.380 e. The van der Waals surface area contributed by atoms with E-state index >= 15 is 0 Å². The van der Waals surface area contributed by atoms with Gasteiger partial charge in [-0.05, 0) is 18.3 Å². The van der Waals surface area contributed by atoms with Gasteiger partial charge in [0.2, 0.25) is 0 Å². The molecule has 1 N–H and O–H groups in total. The average molecular weight is 238 g/mol. The Bertz CT molecular complexity index is 448. The van der Waals surface area contributed by atoms with E-state index in [1.165, 1.54) is 0 Å². The number of nitrogens with one attached hydrogen (secondary N) is 1. The Hall–Kier alpha value is -1.32. The molecule has 1 aromatic rings. The Kier molecular flexibility index (Phi) is 3.96. The van der Waals surface area contributed by atoms with Gasteiger partial charge in [-0.1, -0.05) is 20.8 Å². The molecule has 0 heterocycles. The molecule has 96 valence electrons. The summed E-state index contributed by atoms with van der Waals surface area (Å²) in [4.78, 5) is 24.4. The summed E-state index contributed by atoms with van der Waals surface area (Å²) in [6.45, 7) is 7.31. The van der Waals surface area contributed by atoms with Crippen LogP contribution in [0.2, 0.25) is 0 Å². The van der Waals surface area contributed by atoms with Gasteiger partial charge in [-0.15, -0.1) is 0 Å². The monoisotopic (exact) mass is 238 g/mol. The Balaban J connectivity index is 2.51. The Labute approximate surface area is 102 Å². The number of anilines is 2. The van der Waals surface area contributed by atoms with Crippen molar-refractivity contribution < 1.29 is 0 Å². The summed E-state index contributed by atoms with van der Waals surface area (Å²) in [6.07, 6.45) is 2.09. The first-order chi connectivity index (χ1) is 7.74. The highest BCUT2D eigenvalue weighted by Crippen LogP contribution is 2.21. The van der Waals surface area contributed by atoms with E-state index in [9.17, 15) is 9.59 Å². The largest absolute Gasteiger partial charge is 0.380 e. The maximum atomic E-state index is 11.4. The average Bonchev–Trinajstić information content (AvgIpc) is 2.19. The molecule has 17 heavy (non-hydrogen) atoms. The molecule has 0 amide bonds. The molecule has 4 nitrogen and oxygen atoms in total. The number of nitrogens with zero attached hydrogens (tertiary/aromatic N) is 1. The zero-order valence-electron chi connectivity index (χ0n) is 11.4. The van der Waals surface area contributed by atoms with Crippen LogP contribution < -0.4 is 21.1 Å². The van der Waals surface area contributed by atoms with Crippen molar-refractivity contribution in [2.45, 2.75) is 33.6 Å². The lowest BCUT2D eigenvalue weighted by atomic mass is 9.90. The number of hydrogen-bond acceptors (Lipinski definition) is 4. The Morgan fingerprint density at radius 1 is 1.12 bits per heavy atom. The molecular weight excluding hydrogens is 216 g/mol. The van der Waals surface area contributed by atoms with E-state index in [2.05, 4.69) is 26.1 Å². The van der Waals surface area contributed by atoms with Crippen molar-refractivity contribution in [2.24, 2.45) is 5.41 Å². The van der Waals surface area contributed by atoms with Crippen molar-refractivity contribution in [3.63, 3.8) is 0 Å². The summed E-state index contributed by atoms with van der Waals surface area (Å²) in [5.41, 5.74) is 0.525. The summed E-state index contributed by atoms with van der Waals surface area (Å²) < 4.78 is 0. The minimum absolute atomic E-state index is 0.305. The van der Waals surface area contributed by atoms with Crippen LogP contribution in [0.5, 0.6) is 0 Å². The van der Waals surface area contributed by atoms with Gasteiger partial charge in [0.1, 0.15) is 11.4 Å². The lowest BCUT2D eigenvalue weighted by Crippen LogP contribution is -2.40. The third-order valence-electron chi connectivity index (χ3n) is 2.74. The zero-order valence-corrected chi connectivity index (χ0v) is 11.4. The van der Waals surface area contributed by atoms with Gasteiger partial charge < -0.3 is 10.2 Å². The van der Waals surface area contributed by atoms with Gasteiger partial charge in [0, 0.05) is 20.6 Å². The van der Waals surface area contributed by atoms with Gasteiger partial charge in [0.25, 0.3) is 10.9 Å². The third-order valence-corrected chi connectivity index (χ3v) is 2.74. The van der Waals surface area contributed by atoms with E-state index in [0.717, 1.165) is 19.4 Å². The van der Waals surface area contributed by atoms with Gasteiger partial charge in [0.05, 0.1) is 0 Å². The summed E-state index contributed by atoms with van der Waals surface area (Å²) in [7, 11) is 3.55.